The standard InChI is InChI=1S/C12H21N3OS/c1-12(2)4-3-5-14-10(12)7-13-6-9-8-17-11(16)15-9/h8,10,13-14H,3-7H2,1-2H3,(H,15,16). The van der Waals surface area contributed by atoms with Gasteiger partial charge in [0.1, 0.15) is 0 Å². The lowest BCUT2D eigenvalue weighted by atomic mass is 9.77. The van der Waals surface area contributed by atoms with Crippen molar-refractivity contribution in [3.8, 4) is 0 Å². The molecule has 0 saturated carbocycles. The molecule has 1 atom stereocenters. The largest absolute Gasteiger partial charge is 0.315 e. The monoisotopic (exact) mass is 255 g/mol. The fourth-order valence-corrected chi connectivity index (χ4v) is 2.95. The van der Waals surface area contributed by atoms with Gasteiger partial charge in [0.05, 0.1) is 0 Å². The van der Waals surface area contributed by atoms with Crippen molar-refractivity contribution in [3.63, 3.8) is 0 Å². The minimum absolute atomic E-state index is 0.0259. The van der Waals surface area contributed by atoms with Crippen molar-refractivity contribution >= 4 is 11.3 Å². The number of thiazole rings is 1. The van der Waals surface area contributed by atoms with Gasteiger partial charge in [-0.1, -0.05) is 25.2 Å². The third-order valence-electron chi connectivity index (χ3n) is 3.57. The molecule has 1 aromatic heterocycles. The average Bonchev–Trinajstić information content (AvgIpc) is 2.67. The number of rotatable bonds is 4. The van der Waals surface area contributed by atoms with Crippen molar-refractivity contribution in [2.45, 2.75) is 39.3 Å². The Kier molecular flexibility index (Phi) is 4.01. The van der Waals surface area contributed by atoms with Crippen molar-refractivity contribution in [3.05, 3.63) is 20.7 Å². The smallest absolute Gasteiger partial charge is 0.304 e. The molecule has 96 valence electrons. The van der Waals surface area contributed by atoms with Crippen LogP contribution < -0.4 is 15.5 Å². The number of aromatic nitrogens is 1. The maximum atomic E-state index is 11.0. The Hall–Kier alpha value is -0.650. The van der Waals surface area contributed by atoms with Gasteiger partial charge in [0.15, 0.2) is 0 Å². The van der Waals surface area contributed by atoms with E-state index in [4.69, 9.17) is 0 Å². The van der Waals surface area contributed by atoms with E-state index in [0.29, 0.717) is 11.5 Å². The Morgan fingerprint density at radius 1 is 1.59 bits per heavy atom. The molecule has 2 rings (SSSR count). The van der Waals surface area contributed by atoms with Crippen LogP contribution in [0, 0.1) is 5.41 Å². The molecule has 1 saturated heterocycles. The second kappa shape index (κ2) is 5.33. The van der Waals surface area contributed by atoms with E-state index >= 15 is 0 Å². The lowest BCUT2D eigenvalue weighted by Crippen LogP contribution is -2.51. The normalized spacial score (nSPS) is 23.8. The number of piperidine rings is 1. The van der Waals surface area contributed by atoms with Gasteiger partial charge >= 0.3 is 4.87 Å². The van der Waals surface area contributed by atoms with E-state index in [9.17, 15) is 4.79 Å². The molecule has 0 amide bonds. The highest BCUT2D eigenvalue weighted by Crippen LogP contribution is 2.29. The SMILES string of the molecule is CC1(C)CCCNC1CNCc1csc(=O)[nH]1. The van der Waals surface area contributed by atoms with E-state index in [1.54, 1.807) is 0 Å². The van der Waals surface area contributed by atoms with Gasteiger partial charge in [0.25, 0.3) is 0 Å². The van der Waals surface area contributed by atoms with Gasteiger partial charge in [-0.3, -0.25) is 4.79 Å². The van der Waals surface area contributed by atoms with Gasteiger partial charge in [-0.25, -0.2) is 0 Å². The Morgan fingerprint density at radius 2 is 2.41 bits per heavy atom. The van der Waals surface area contributed by atoms with Crippen LogP contribution >= 0.6 is 11.3 Å². The van der Waals surface area contributed by atoms with E-state index in [-0.39, 0.29) is 4.87 Å². The van der Waals surface area contributed by atoms with Gasteiger partial charge < -0.3 is 15.6 Å². The van der Waals surface area contributed by atoms with Crippen LogP contribution in [-0.4, -0.2) is 24.1 Å². The summed E-state index contributed by atoms with van der Waals surface area (Å²) in [6.45, 7) is 7.44. The Labute approximate surface area is 106 Å². The summed E-state index contributed by atoms with van der Waals surface area (Å²) in [6.07, 6.45) is 2.54. The molecule has 3 N–H and O–H groups in total. The summed E-state index contributed by atoms with van der Waals surface area (Å²) in [6, 6.07) is 0.515. The molecule has 0 aliphatic carbocycles. The fourth-order valence-electron chi connectivity index (χ4n) is 2.37. The van der Waals surface area contributed by atoms with E-state index < -0.39 is 0 Å². The first-order valence-corrected chi connectivity index (χ1v) is 7.07. The Bertz CT molecular complexity index is 410. The fraction of sp³-hybridized carbons (Fsp3) is 0.750. The summed E-state index contributed by atoms with van der Waals surface area (Å²) in [4.78, 5) is 13.8. The minimum Gasteiger partial charge on any atom is -0.315 e. The van der Waals surface area contributed by atoms with Crippen LogP contribution in [0.15, 0.2) is 10.2 Å². The van der Waals surface area contributed by atoms with Crippen LogP contribution in [0.25, 0.3) is 0 Å². The Morgan fingerprint density at radius 3 is 3.06 bits per heavy atom. The predicted molar refractivity (Wildman–Crippen MR) is 71.5 cm³/mol. The van der Waals surface area contributed by atoms with Crippen LogP contribution in [-0.2, 0) is 6.54 Å². The summed E-state index contributed by atoms with van der Waals surface area (Å²) in [7, 11) is 0. The maximum absolute atomic E-state index is 11.0. The number of hydrogen-bond donors (Lipinski definition) is 3. The van der Waals surface area contributed by atoms with Crippen molar-refractivity contribution in [1.29, 1.82) is 0 Å². The molecule has 1 aromatic rings. The number of aromatic amines is 1. The van der Waals surface area contributed by atoms with Crippen molar-refractivity contribution in [1.82, 2.24) is 15.6 Å². The maximum Gasteiger partial charge on any atom is 0.304 e. The number of hydrogen-bond acceptors (Lipinski definition) is 4. The summed E-state index contributed by atoms with van der Waals surface area (Å²) in [5.41, 5.74) is 1.33. The van der Waals surface area contributed by atoms with E-state index in [1.807, 2.05) is 5.38 Å². The van der Waals surface area contributed by atoms with Crippen molar-refractivity contribution in [2.24, 2.45) is 5.41 Å². The molecule has 0 aromatic carbocycles. The van der Waals surface area contributed by atoms with Crippen LogP contribution in [0.1, 0.15) is 32.4 Å². The van der Waals surface area contributed by atoms with Gasteiger partial charge in [-0.05, 0) is 24.8 Å². The zero-order valence-corrected chi connectivity index (χ0v) is 11.3. The van der Waals surface area contributed by atoms with E-state index in [1.165, 1.54) is 24.2 Å². The summed E-state index contributed by atoms with van der Waals surface area (Å²) < 4.78 is 0. The molecular weight excluding hydrogens is 234 g/mol. The van der Waals surface area contributed by atoms with E-state index in [0.717, 1.165) is 25.3 Å². The predicted octanol–water partition coefficient (Wildman–Crippen LogP) is 1.30. The number of nitrogens with one attached hydrogen (secondary N) is 3. The first kappa shape index (κ1) is 12.8. The molecule has 2 heterocycles. The molecule has 0 bridgehead atoms. The van der Waals surface area contributed by atoms with Gasteiger partial charge in [-0.15, -0.1) is 0 Å². The van der Waals surface area contributed by atoms with Crippen LogP contribution in [0.4, 0.5) is 0 Å². The van der Waals surface area contributed by atoms with Gasteiger partial charge in [0.2, 0.25) is 0 Å². The van der Waals surface area contributed by atoms with Crippen LogP contribution in [0.3, 0.4) is 0 Å². The van der Waals surface area contributed by atoms with Crippen molar-refractivity contribution < 1.29 is 0 Å². The molecule has 1 unspecified atom stereocenters. The molecule has 1 aliphatic rings. The van der Waals surface area contributed by atoms with Crippen LogP contribution in [0.2, 0.25) is 0 Å². The topological polar surface area (TPSA) is 56.9 Å². The Balaban J connectivity index is 1.79. The number of H-pyrrole nitrogens is 1. The lowest BCUT2D eigenvalue weighted by molar-refractivity contribution is 0.176. The average molecular weight is 255 g/mol. The first-order valence-electron chi connectivity index (χ1n) is 6.19. The highest BCUT2D eigenvalue weighted by molar-refractivity contribution is 7.07. The zero-order chi connectivity index (χ0) is 12.3. The van der Waals surface area contributed by atoms with Crippen molar-refractivity contribution in [2.75, 3.05) is 13.1 Å². The zero-order valence-electron chi connectivity index (χ0n) is 10.5. The lowest BCUT2D eigenvalue weighted by Gasteiger charge is -2.39. The molecule has 5 heteroatoms. The van der Waals surface area contributed by atoms with E-state index in [2.05, 4.69) is 29.5 Å². The molecule has 1 fully saturated rings. The summed E-state index contributed by atoms with van der Waals surface area (Å²) in [5.74, 6) is 0. The highest BCUT2D eigenvalue weighted by Gasteiger charge is 2.31. The molecule has 4 nitrogen and oxygen atoms in total. The second-order valence-electron chi connectivity index (χ2n) is 5.40. The van der Waals surface area contributed by atoms with Crippen LogP contribution in [0.5, 0.6) is 0 Å². The molecule has 0 radical (unpaired) electrons. The molecular formula is C12H21N3OS. The van der Waals surface area contributed by atoms with Gasteiger partial charge in [0, 0.05) is 30.2 Å². The molecule has 1 aliphatic heterocycles. The molecule has 0 spiro atoms. The highest BCUT2D eigenvalue weighted by atomic mass is 32.1. The first-order chi connectivity index (χ1) is 8.08. The molecule has 17 heavy (non-hydrogen) atoms. The third-order valence-corrected chi connectivity index (χ3v) is 4.29. The summed E-state index contributed by atoms with van der Waals surface area (Å²) in [5, 5.41) is 8.87. The van der Waals surface area contributed by atoms with Gasteiger partial charge in [-0.2, -0.15) is 0 Å². The summed E-state index contributed by atoms with van der Waals surface area (Å²) >= 11 is 1.22. The second-order valence-corrected chi connectivity index (χ2v) is 6.25. The minimum atomic E-state index is 0.0259. The third kappa shape index (κ3) is 3.40. The quantitative estimate of drug-likeness (QED) is 0.760.